The van der Waals surface area contributed by atoms with Gasteiger partial charge in [-0.1, -0.05) is 110 Å². The molecule has 5 aromatic carbocycles. The van der Waals surface area contributed by atoms with E-state index in [0.29, 0.717) is 37.4 Å². The largest absolute Gasteiger partial charge is 0.489 e. The summed E-state index contributed by atoms with van der Waals surface area (Å²) in [4.78, 5) is 28.0. The number of hydrogen-bond donors (Lipinski definition) is 0. The van der Waals surface area contributed by atoms with E-state index in [1.165, 1.54) is 11.1 Å². The van der Waals surface area contributed by atoms with E-state index in [9.17, 15) is 9.59 Å². The van der Waals surface area contributed by atoms with Crippen molar-refractivity contribution in [3.8, 4) is 11.5 Å². The van der Waals surface area contributed by atoms with Crippen LogP contribution in [0.15, 0.2) is 140 Å². The fourth-order valence-corrected chi connectivity index (χ4v) is 5.74. The third kappa shape index (κ3) is 10.2. The average molecular weight is 626 g/mol. The van der Waals surface area contributed by atoms with Crippen molar-refractivity contribution in [1.82, 2.24) is 4.90 Å². The lowest BCUT2D eigenvalue weighted by Gasteiger charge is -2.26. The van der Waals surface area contributed by atoms with Crippen LogP contribution in [0.1, 0.15) is 71.1 Å². The number of carbonyl (C=O) groups excluding carboxylic acids is 2. The van der Waals surface area contributed by atoms with Crippen molar-refractivity contribution in [1.29, 1.82) is 0 Å². The molecule has 5 heteroatoms. The smallest absolute Gasteiger partial charge is 0.311 e. The summed E-state index contributed by atoms with van der Waals surface area (Å²) >= 11 is 0. The molecule has 0 fully saturated rings. The molecule has 240 valence electrons. The van der Waals surface area contributed by atoms with Gasteiger partial charge in [0.2, 0.25) is 0 Å². The first-order valence-corrected chi connectivity index (χ1v) is 16.5. The number of carbonyl (C=O) groups is 2. The zero-order chi connectivity index (χ0) is 32.7. The maximum Gasteiger partial charge on any atom is 0.311 e. The van der Waals surface area contributed by atoms with Crippen LogP contribution in [0.4, 0.5) is 0 Å². The molecule has 5 rings (SSSR count). The first-order chi connectivity index (χ1) is 23.1. The van der Waals surface area contributed by atoms with Crippen LogP contribution in [0.2, 0.25) is 0 Å². The fourth-order valence-electron chi connectivity index (χ4n) is 5.74. The number of aryl methyl sites for hydroxylation is 1. The normalized spacial score (nSPS) is 10.9. The Morgan fingerprint density at radius 1 is 0.660 bits per heavy atom. The monoisotopic (exact) mass is 625 g/mol. The Kier molecular flexibility index (Phi) is 12.4. The summed E-state index contributed by atoms with van der Waals surface area (Å²) < 4.78 is 11.5. The second kappa shape index (κ2) is 17.5. The SMILES string of the molecule is CCCC(=O)Oc1cccc(CCCN(CCC(c2ccccc2)c2ccccc2)C(=O)c2ccc(OCc3ccccc3)cc2)c1. The Labute approximate surface area is 278 Å². The molecule has 5 aromatic rings. The average Bonchev–Trinajstić information content (AvgIpc) is 3.11. The molecule has 47 heavy (non-hydrogen) atoms. The van der Waals surface area contributed by atoms with Gasteiger partial charge in [0.05, 0.1) is 0 Å². The molecule has 0 radical (unpaired) electrons. The molecule has 5 nitrogen and oxygen atoms in total. The highest BCUT2D eigenvalue weighted by molar-refractivity contribution is 5.94. The van der Waals surface area contributed by atoms with Crippen LogP contribution in [0, 0.1) is 0 Å². The van der Waals surface area contributed by atoms with Crippen molar-refractivity contribution in [3.63, 3.8) is 0 Å². The van der Waals surface area contributed by atoms with Crippen LogP contribution in [0.25, 0.3) is 0 Å². The lowest BCUT2D eigenvalue weighted by atomic mass is 9.88. The van der Waals surface area contributed by atoms with Gasteiger partial charge < -0.3 is 14.4 Å². The maximum atomic E-state index is 14.0. The highest BCUT2D eigenvalue weighted by Crippen LogP contribution is 2.29. The van der Waals surface area contributed by atoms with Crippen LogP contribution in [0.3, 0.4) is 0 Å². The molecule has 0 heterocycles. The number of benzene rings is 5. The van der Waals surface area contributed by atoms with Crippen molar-refractivity contribution >= 4 is 11.9 Å². The summed E-state index contributed by atoms with van der Waals surface area (Å²) in [5.41, 5.74) is 5.28. The van der Waals surface area contributed by atoms with Gasteiger partial charge in [-0.2, -0.15) is 0 Å². The van der Waals surface area contributed by atoms with E-state index in [1.54, 1.807) is 0 Å². The van der Waals surface area contributed by atoms with E-state index in [1.807, 2.05) is 103 Å². The third-order valence-corrected chi connectivity index (χ3v) is 8.21. The minimum atomic E-state index is -0.218. The van der Waals surface area contributed by atoms with E-state index >= 15 is 0 Å². The van der Waals surface area contributed by atoms with E-state index in [2.05, 4.69) is 48.5 Å². The summed E-state index contributed by atoms with van der Waals surface area (Å²) in [5, 5.41) is 0. The van der Waals surface area contributed by atoms with Crippen molar-refractivity contribution in [3.05, 3.63) is 167 Å². The Morgan fingerprint density at radius 2 is 1.28 bits per heavy atom. The van der Waals surface area contributed by atoms with E-state index < -0.39 is 0 Å². The molecular formula is C42H43NO4. The van der Waals surface area contributed by atoms with Crippen LogP contribution < -0.4 is 9.47 Å². The van der Waals surface area contributed by atoms with Crippen molar-refractivity contribution in [2.24, 2.45) is 0 Å². The minimum absolute atomic E-state index is 0.00160. The number of rotatable bonds is 16. The number of esters is 1. The molecular weight excluding hydrogens is 582 g/mol. The predicted molar refractivity (Wildman–Crippen MR) is 188 cm³/mol. The summed E-state index contributed by atoms with van der Waals surface area (Å²) in [6, 6.07) is 46.2. The van der Waals surface area contributed by atoms with E-state index in [0.717, 1.165) is 42.6 Å². The zero-order valence-corrected chi connectivity index (χ0v) is 27.1. The quantitative estimate of drug-likeness (QED) is 0.0810. The molecule has 0 bridgehead atoms. The lowest BCUT2D eigenvalue weighted by molar-refractivity contribution is -0.134. The van der Waals surface area contributed by atoms with Crippen LogP contribution in [-0.4, -0.2) is 29.9 Å². The Balaban J connectivity index is 1.29. The van der Waals surface area contributed by atoms with Crippen molar-refractivity contribution in [2.75, 3.05) is 13.1 Å². The Hall–Kier alpha value is -5.16. The molecule has 0 aliphatic carbocycles. The summed E-state index contributed by atoms with van der Waals surface area (Å²) in [7, 11) is 0. The van der Waals surface area contributed by atoms with Gasteiger partial charge in [0.25, 0.3) is 5.91 Å². The minimum Gasteiger partial charge on any atom is -0.489 e. The zero-order valence-electron chi connectivity index (χ0n) is 27.1. The van der Waals surface area contributed by atoms with Crippen LogP contribution in [0.5, 0.6) is 11.5 Å². The molecule has 0 aromatic heterocycles. The topological polar surface area (TPSA) is 55.8 Å². The van der Waals surface area contributed by atoms with Crippen LogP contribution >= 0.6 is 0 Å². The van der Waals surface area contributed by atoms with Gasteiger partial charge in [-0.05, 0) is 84.3 Å². The number of hydrogen-bond acceptors (Lipinski definition) is 4. The molecule has 0 saturated heterocycles. The number of ether oxygens (including phenoxy) is 2. The highest BCUT2D eigenvalue weighted by atomic mass is 16.5. The van der Waals surface area contributed by atoms with Gasteiger partial charge in [-0.15, -0.1) is 0 Å². The first kappa shape index (κ1) is 33.2. The molecule has 0 aliphatic heterocycles. The van der Waals surface area contributed by atoms with Crippen LogP contribution in [-0.2, 0) is 17.8 Å². The second-order valence-corrected chi connectivity index (χ2v) is 11.7. The number of amides is 1. The van der Waals surface area contributed by atoms with E-state index in [-0.39, 0.29) is 17.8 Å². The highest BCUT2D eigenvalue weighted by Gasteiger charge is 2.20. The molecule has 0 unspecified atom stereocenters. The molecule has 0 spiro atoms. The van der Waals surface area contributed by atoms with Crippen molar-refractivity contribution < 1.29 is 19.1 Å². The molecule has 1 amide bonds. The van der Waals surface area contributed by atoms with Gasteiger partial charge in [0.1, 0.15) is 18.1 Å². The van der Waals surface area contributed by atoms with Gasteiger partial charge >= 0.3 is 5.97 Å². The first-order valence-electron chi connectivity index (χ1n) is 16.5. The maximum absolute atomic E-state index is 14.0. The molecule has 0 N–H and O–H groups in total. The summed E-state index contributed by atoms with van der Waals surface area (Å²) in [5.74, 6) is 1.24. The van der Waals surface area contributed by atoms with Gasteiger partial charge in [-0.3, -0.25) is 9.59 Å². The van der Waals surface area contributed by atoms with Gasteiger partial charge in [0, 0.05) is 31.0 Å². The molecule has 0 atom stereocenters. The lowest BCUT2D eigenvalue weighted by Crippen LogP contribution is -2.34. The third-order valence-electron chi connectivity index (χ3n) is 8.21. The molecule has 0 saturated carbocycles. The Bertz CT molecular complexity index is 1630. The summed E-state index contributed by atoms with van der Waals surface area (Å²) in [6.07, 6.45) is 3.48. The second-order valence-electron chi connectivity index (χ2n) is 11.7. The predicted octanol–water partition coefficient (Wildman–Crippen LogP) is 9.27. The van der Waals surface area contributed by atoms with Crippen molar-refractivity contribution in [2.45, 2.75) is 51.6 Å². The van der Waals surface area contributed by atoms with Gasteiger partial charge in [-0.25, -0.2) is 0 Å². The van der Waals surface area contributed by atoms with E-state index in [4.69, 9.17) is 9.47 Å². The van der Waals surface area contributed by atoms with Gasteiger partial charge in [0.15, 0.2) is 0 Å². The Morgan fingerprint density at radius 3 is 1.91 bits per heavy atom. The summed E-state index contributed by atoms with van der Waals surface area (Å²) in [6.45, 7) is 3.63. The molecule has 0 aliphatic rings. The number of nitrogens with zero attached hydrogens (tertiary/aromatic N) is 1. The standard InChI is InChI=1S/C42H43NO4/c1-2-14-41(44)47-39-23-12-17-33(31-39)18-13-29-43(30-28-40(35-19-8-4-9-20-35)36-21-10-5-11-22-36)42(45)37-24-26-38(27-25-37)46-32-34-15-6-3-7-16-34/h3-12,15-17,19-27,31,40H,2,13-14,18,28-30,32H2,1H3. The fraction of sp³-hybridized carbons (Fsp3) is 0.238.